The average molecular weight is 500 g/mol. The summed E-state index contributed by atoms with van der Waals surface area (Å²) in [4.78, 5) is 8.88. The summed E-state index contributed by atoms with van der Waals surface area (Å²) in [6.45, 7) is 1.89. The Labute approximate surface area is 212 Å². The first kappa shape index (κ1) is 24.9. The Balaban J connectivity index is 1.66. The smallest absolute Gasteiger partial charge is 0.226 e. The van der Waals surface area contributed by atoms with Gasteiger partial charge in [0.15, 0.2) is 0 Å². The van der Waals surface area contributed by atoms with E-state index in [2.05, 4.69) is 22.1 Å². The number of aryl methyl sites for hydroxylation is 2. The lowest BCUT2D eigenvalue weighted by Gasteiger charge is -2.13. The van der Waals surface area contributed by atoms with E-state index in [1.165, 1.54) is 23.9 Å². The van der Waals surface area contributed by atoms with Crippen LogP contribution in [0.5, 0.6) is 0 Å². The second-order valence-corrected chi connectivity index (χ2v) is 8.96. The number of aromatic nitrogens is 2. The van der Waals surface area contributed by atoms with Crippen LogP contribution in [0, 0.1) is 35.4 Å². The molecule has 0 saturated carbocycles. The molecular formula is C27H22FN5O2S. The Morgan fingerprint density at radius 1 is 1.00 bits per heavy atom. The predicted octanol–water partition coefficient (Wildman–Crippen LogP) is 5.39. The maximum atomic E-state index is 13.3. The van der Waals surface area contributed by atoms with Gasteiger partial charge in [-0.1, -0.05) is 36.0 Å². The van der Waals surface area contributed by atoms with Gasteiger partial charge in [-0.05, 0) is 55.2 Å². The molecule has 0 bridgehead atoms. The maximum Gasteiger partial charge on any atom is 0.226 e. The number of nitriles is 2. The second kappa shape index (κ2) is 11.0. The summed E-state index contributed by atoms with van der Waals surface area (Å²) in [7, 11) is 0. The fraction of sp³-hybridized carbons (Fsp3) is 0.185. The van der Waals surface area contributed by atoms with Crippen molar-refractivity contribution in [3.05, 3.63) is 82.5 Å². The number of hydrogen-bond donors (Lipinski definition) is 2. The van der Waals surface area contributed by atoms with Crippen molar-refractivity contribution in [2.45, 2.75) is 30.5 Å². The highest BCUT2D eigenvalue weighted by Crippen LogP contribution is 2.37. The van der Waals surface area contributed by atoms with Gasteiger partial charge in [-0.2, -0.15) is 10.5 Å². The Bertz CT molecular complexity index is 1470. The minimum absolute atomic E-state index is 0.0437. The summed E-state index contributed by atoms with van der Waals surface area (Å²) in [5.41, 5.74) is 10.0. The van der Waals surface area contributed by atoms with Crippen molar-refractivity contribution in [3.8, 4) is 34.7 Å². The summed E-state index contributed by atoms with van der Waals surface area (Å²) in [6, 6.07) is 17.7. The van der Waals surface area contributed by atoms with Gasteiger partial charge in [0, 0.05) is 23.5 Å². The molecule has 0 aliphatic rings. The first-order valence-electron chi connectivity index (χ1n) is 11.1. The number of aliphatic hydroxyl groups is 1. The Morgan fingerprint density at radius 2 is 1.67 bits per heavy atom. The summed E-state index contributed by atoms with van der Waals surface area (Å²) < 4.78 is 19.0. The number of rotatable bonds is 8. The molecule has 4 aromatic rings. The Hall–Kier alpha value is -4.18. The van der Waals surface area contributed by atoms with Crippen molar-refractivity contribution in [1.82, 2.24) is 9.97 Å². The van der Waals surface area contributed by atoms with Crippen LogP contribution in [-0.2, 0) is 12.2 Å². The predicted molar refractivity (Wildman–Crippen MR) is 135 cm³/mol. The molecule has 0 amide bonds. The molecule has 2 aromatic heterocycles. The van der Waals surface area contributed by atoms with Crippen molar-refractivity contribution >= 4 is 17.6 Å². The molecule has 180 valence electrons. The third-order valence-electron chi connectivity index (χ3n) is 5.61. The van der Waals surface area contributed by atoms with Gasteiger partial charge in [0.1, 0.15) is 40.1 Å². The zero-order valence-corrected chi connectivity index (χ0v) is 20.3. The number of nitrogens with two attached hydrogens (primary N) is 1. The van der Waals surface area contributed by atoms with E-state index in [9.17, 15) is 14.9 Å². The van der Waals surface area contributed by atoms with E-state index >= 15 is 0 Å². The van der Waals surface area contributed by atoms with Crippen molar-refractivity contribution in [1.29, 1.82) is 10.5 Å². The molecule has 0 fully saturated rings. The average Bonchev–Trinajstić information content (AvgIpc) is 3.26. The molecule has 0 radical (unpaired) electrons. The van der Waals surface area contributed by atoms with Crippen LogP contribution in [0.4, 0.5) is 10.2 Å². The lowest BCUT2D eigenvalue weighted by atomic mass is 9.95. The van der Waals surface area contributed by atoms with Crippen molar-refractivity contribution < 1.29 is 13.9 Å². The van der Waals surface area contributed by atoms with Crippen LogP contribution in [0.15, 0.2) is 58.0 Å². The van der Waals surface area contributed by atoms with Gasteiger partial charge in [0.25, 0.3) is 0 Å². The summed E-state index contributed by atoms with van der Waals surface area (Å²) in [6.07, 6.45) is 1.38. The number of nitrogens with zero attached hydrogens (tertiary/aromatic N) is 4. The molecule has 0 saturated heterocycles. The number of anilines is 1. The van der Waals surface area contributed by atoms with Crippen LogP contribution in [0.25, 0.3) is 22.6 Å². The number of pyridine rings is 1. The number of nitrogen functional groups attached to an aromatic ring is 1. The van der Waals surface area contributed by atoms with Crippen molar-refractivity contribution in [2.75, 3.05) is 12.3 Å². The second-order valence-electron chi connectivity index (χ2n) is 7.99. The number of thioether (sulfide) groups is 1. The molecular weight excluding hydrogens is 477 g/mol. The molecule has 4 rings (SSSR count). The zero-order valence-electron chi connectivity index (χ0n) is 19.5. The Morgan fingerprint density at radius 3 is 2.31 bits per heavy atom. The van der Waals surface area contributed by atoms with Crippen LogP contribution >= 0.6 is 11.8 Å². The first-order valence-corrected chi connectivity index (χ1v) is 12.1. The molecule has 0 spiro atoms. The molecule has 2 heterocycles. The third-order valence-corrected chi connectivity index (χ3v) is 6.60. The number of hydrogen-bond acceptors (Lipinski definition) is 8. The fourth-order valence-electron chi connectivity index (χ4n) is 3.73. The topological polar surface area (TPSA) is 133 Å². The number of oxazole rings is 1. The van der Waals surface area contributed by atoms with Gasteiger partial charge in [0.2, 0.25) is 5.89 Å². The summed E-state index contributed by atoms with van der Waals surface area (Å²) in [5.74, 6) is 1.02. The number of halogens is 1. The summed E-state index contributed by atoms with van der Waals surface area (Å²) in [5, 5.41) is 29.2. The molecule has 9 heteroatoms. The lowest BCUT2D eigenvalue weighted by Crippen LogP contribution is -2.03. The number of benzene rings is 2. The lowest BCUT2D eigenvalue weighted by molar-refractivity contribution is 0.288. The molecule has 3 N–H and O–H groups in total. The van der Waals surface area contributed by atoms with E-state index in [1.54, 1.807) is 19.1 Å². The molecule has 0 aliphatic carbocycles. The van der Waals surface area contributed by atoms with Gasteiger partial charge >= 0.3 is 0 Å². The van der Waals surface area contributed by atoms with Gasteiger partial charge < -0.3 is 15.3 Å². The van der Waals surface area contributed by atoms with Gasteiger partial charge in [-0.25, -0.2) is 14.4 Å². The van der Waals surface area contributed by atoms with Crippen LogP contribution in [-0.4, -0.2) is 21.7 Å². The normalized spacial score (nSPS) is 10.7. The highest BCUT2D eigenvalue weighted by Gasteiger charge is 2.21. The monoisotopic (exact) mass is 499 g/mol. The highest BCUT2D eigenvalue weighted by molar-refractivity contribution is 7.98. The van der Waals surface area contributed by atoms with E-state index in [4.69, 9.17) is 15.3 Å². The molecule has 0 atom stereocenters. The largest absolute Gasteiger partial charge is 0.441 e. The van der Waals surface area contributed by atoms with Crippen molar-refractivity contribution in [3.63, 3.8) is 0 Å². The van der Waals surface area contributed by atoms with E-state index in [0.29, 0.717) is 51.2 Å². The fourth-order valence-corrected chi connectivity index (χ4v) is 4.72. The van der Waals surface area contributed by atoms with Gasteiger partial charge in [0.05, 0.1) is 11.3 Å². The van der Waals surface area contributed by atoms with E-state index in [-0.39, 0.29) is 29.4 Å². The quantitative estimate of drug-likeness (QED) is 0.308. The van der Waals surface area contributed by atoms with Crippen LogP contribution < -0.4 is 5.73 Å². The summed E-state index contributed by atoms with van der Waals surface area (Å²) >= 11 is 1.27. The highest BCUT2D eigenvalue weighted by atomic mass is 32.2. The zero-order chi connectivity index (χ0) is 25.7. The van der Waals surface area contributed by atoms with E-state index < -0.39 is 0 Å². The van der Waals surface area contributed by atoms with Crippen LogP contribution in [0.3, 0.4) is 0 Å². The van der Waals surface area contributed by atoms with Gasteiger partial charge in [-0.15, -0.1) is 0 Å². The van der Waals surface area contributed by atoms with Crippen LogP contribution in [0.2, 0.25) is 0 Å². The molecule has 36 heavy (non-hydrogen) atoms. The number of aliphatic hydroxyl groups excluding tert-OH is 1. The van der Waals surface area contributed by atoms with E-state index in [1.807, 2.05) is 24.3 Å². The van der Waals surface area contributed by atoms with Gasteiger partial charge in [-0.3, -0.25) is 0 Å². The minimum atomic E-state index is -0.345. The maximum absolute atomic E-state index is 13.3. The van der Waals surface area contributed by atoms with Crippen LogP contribution in [0.1, 0.15) is 34.6 Å². The standard InChI is InChI=1S/C27H22FN5O2S/c1-16-23(32-26(35-16)19-8-10-20(28)11-9-19)15-36-27-22(14-30)24(21(13-29)25(31)33-27)18-6-4-17(5-7-18)3-2-12-34/h4-11,34H,2-3,12,15H2,1H3,(H2,31,33). The van der Waals surface area contributed by atoms with E-state index in [0.717, 1.165) is 12.0 Å². The Kier molecular flexibility index (Phi) is 7.65. The molecule has 2 aromatic carbocycles. The minimum Gasteiger partial charge on any atom is -0.441 e. The first-order chi connectivity index (χ1) is 17.4. The third kappa shape index (κ3) is 5.23. The molecule has 0 unspecified atom stereocenters. The van der Waals surface area contributed by atoms with Crippen molar-refractivity contribution in [2.24, 2.45) is 0 Å². The molecule has 7 nitrogen and oxygen atoms in total. The SMILES string of the molecule is Cc1oc(-c2ccc(F)cc2)nc1CSc1nc(N)c(C#N)c(-c2ccc(CCCO)cc2)c1C#N. The molecule has 0 aliphatic heterocycles.